The number of rotatable bonds is 2. The summed E-state index contributed by atoms with van der Waals surface area (Å²) < 4.78 is 5.21. The molecular formula is C10H13NO2. The number of benzene rings is 1. The van der Waals surface area contributed by atoms with Crippen molar-refractivity contribution in [2.75, 3.05) is 6.54 Å². The molecule has 1 aromatic rings. The Kier molecular flexibility index (Phi) is 2.59. The molecule has 1 heterocycles. The minimum absolute atomic E-state index is 0.0441. The molecule has 1 aromatic carbocycles. The van der Waals surface area contributed by atoms with E-state index in [9.17, 15) is 0 Å². The Morgan fingerprint density at radius 2 is 2.15 bits per heavy atom. The molecule has 2 rings (SSSR count). The second-order valence-corrected chi connectivity index (χ2v) is 3.18. The first-order chi connectivity index (χ1) is 6.34. The van der Waals surface area contributed by atoms with Gasteiger partial charge in [-0.15, -0.1) is 0 Å². The quantitative estimate of drug-likeness (QED) is 0.694. The molecule has 0 aliphatic carbocycles. The number of ether oxygens (including phenoxy) is 1. The van der Waals surface area contributed by atoms with Gasteiger partial charge in [0, 0.05) is 13.0 Å². The molecule has 0 spiro atoms. The van der Waals surface area contributed by atoms with Crippen molar-refractivity contribution in [3.8, 4) is 0 Å². The van der Waals surface area contributed by atoms with Crippen LogP contribution in [0.25, 0.3) is 0 Å². The first kappa shape index (κ1) is 8.69. The number of hydrogen-bond acceptors (Lipinski definition) is 3. The molecule has 1 aliphatic rings. The van der Waals surface area contributed by atoms with Gasteiger partial charge in [-0.05, 0) is 5.56 Å². The van der Waals surface area contributed by atoms with Gasteiger partial charge in [0.25, 0.3) is 0 Å². The highest BCUT2D eigenvalue weighted by molar-refractivity contribution is 5.15. The van der Waals surface area contributed by atoms with Gasteiger partial charge in [-0.25, -0.2) is 0 Å². The summed E-state index contributed by atoms with van der Waals surface area (Å²) in [5.41, 5.74) is 1.22. The zero-order valence-electron chi connectivity index (χ0n) is 7.31. The smallest absolute Gasteiger partial charge is 0.169 e. The molecule has 0 aromatic heterocycles. The molecule has 1 aliphatic heterocycles. The molecule has 2 N–H and O–H groups in total. The Morgan fingerprint density at radius 1 is 1.38 bits per heavy atom. The molecular weight excluding hydrogens is 166 g/mol. The Bertz CT molecular complexity index is 263. The van der Waals surface area contributed by atoms with Gasteiger partial charge in [-0.2, -0.15) is 0 Å². The molecule has 0 radical (unpaired) electrons. The molecule has 3 nitrogen and oxygen atoms in total. The van der Waals surface area contributed by atoms with Crippen molar-refractivity contribution in [3.63, 3.8) is 0 Å². The molecule has 0 amide bonds. The summed E-state index contributed by atoms with van der Waals surface area (Å²) in [6.45, 7) is 0.525. The van der Waals surface area contributed by atoms with E-state index in [4.69, 9.17) is 9.84 Å². The first-order valence-corrected chi connectivity index (χ1v) is 4.45. The predicted molar refractivity (Wildman–Crippen MR) is 49.0 cm³/mol. The Balaban J connectivity index is 1.92. The summed E-state index contributed by atoms with van der Waals surface area (Å²) in [6.07, 6.45) is 0.115. The van der Waals surface area contributed by atoms with Crippen LogP contribution in [0.5, 0.6) is 0 Å². The van der Waals surface area contributed by atoms with Crippen molar-refractivity contribution in [1.29, 1.82) is 0 Å². The van der Waals surface area contributed by atoms with Crippen LogP contribution in [0.15, 0.2) is 30.3 Å². The van der Waals surface area contributed by atoms with Crippen molar-refractivity contribution in [1.82, 2.24) is 5.32 Å². The number of nitrogens with one attached hydrogen (secondary N) is 1. The van der Waals surface area contributed by atoms with E-state index in [1.807, 2.05) is 18.2 Å². The van der Waals surface area contributed by atoms with Crippen LogP contribution in [0, 0.1) is 0 Å². The summed E-state index contributed by atoms with van der Waals surface area (Å²) in [7, 11) is 0. The van der Waals surface area contributed by atoms with Crippen LogP contribution < -0.4 is 5.32 Å². The van der Waals surface area contributed by atoms with E-state index in [1.165, 1.54) is 5.56 Å². The predicted octanol–water partition coefficient (Wildman–Crippen LogP) is 0.493. The van der Waals surface area contributed by atoms with E-state index in [0.29, 0.717) is 6.54 Å². The number of hydrogen-bond donors (Lipinski definition) is 2. The van der Waals surface area contributed by atoms with E-state index in [-0.39, 0.29) is 6.23 Å². The fraction of sp³-hybridized carbons (Fsp3) is 0.400. The van der Waals surface area contributed by atoms with Crippen molar-refractivity contribution < 1.29 is 9.84 Å². The van der Waals surface area contributed by atoms with Crippen molar-refractivity contribution in [2.45, 2.75) is 18.9 Å². The highest BCUT2D eigenvalue weighted by Crippen LogP contribution is 2.09. The Hall–Kier alpha value is -0.900. The second kappa shape index (κ2) is 3.87. The highest BCUT2D eigenvalue weighted by atomic mass is 16.6. The lowest BCUT2D eigenvalue weighted by molar-refractivity contribution is -0.0855. The van der Waals surface area contributed by atoms with E-state index in [2.05, 4.69) is 17.4 Å². The third-order valence-corrected chi connectivity index (χ3v) is 2.11. The van der Waals surface area contributed by atoms with Crippen LogP contribution in [0.2, 0.25) is 0 Å². The van der Waals surface area contributed by atoms with Gasteiger partial charge in [0.1, 0.15) is 6.23 Å². The molecule has 70 valence electrons. The lowest BCUT2D eigenvalue weighted by Gasteiger charge is -2.09. The largest absolute Gasteiger partial charge is 0.367 e. The zero-order valence-corrected chi connectivity index (χ0v) is 7.31. The van der Waals surface area contributed by atoms with Gasteiger partial charge in [-0.1, -0.05) is 30.3 Å². The third kappa shape index (κ3) is 2.28. The topological polar surface area (TPSA) is 41.5 Å². The molecule has 2 unspecified atom stereocenters. The number of aliphatic hydroxyl groups excluding tert-OH is 1. The average molecular weight is 179 g/mol. The van der Waals surface area contributed by atoms with Gasteiger partial charge in [0.05, 0.1) is 0 Å². The lowest BCUT2D eigenvalue weighted by atomic mass is 10.1. The van der Waals surface area contributed by atoms with Crippen LogP contribution >= 0.6 is 0 Å². The van der Waals surface area contributed by atoms with Gasteiger partial charge in [-0.3, -0.25) is 5.32 Å². The van der Waals surface area contributed by atoms with E-state index >= 15 is 0 Å². The lowest BCUT2D eigenvalue weighted by Crippen LogP contribution is -2.24. The van der Waals surface area contributed by atoms with Crippen molar-refractivity contribution in [2.24, 2.45) is 0 Å². The van der Waals surface area contributed by atoms with Crippen molar-refractivity contribution in [3.05, 3.63) is 35.9 Å². The molecule has 1 saturated heterocycles. The summed E-state index contributed by atoms with van der Waals surface area (Å²) in [4.78, 5) is 0. The Labute approximate surface area is 77.3 Å². The summed E-state index contributed by atoms with van der Waals surface area (Å²) in [6, 6.07) is 10.1. The van der Waals surface area contributed by atoms with E-state index in [1.54, 1.807) is 0 Å². The molecule has 13 heavy (non-hydrogen) atoms. The minimum atomic E-state index is -0.645. The number of aliphatic hydroxyl groups is 1. The van der Waals surface area contributed by atoms with Crippen LogP contribution in [0.4, 0.5) is 0 Å². The second-order valence-electron chi connectivity index (χ2n) is 3.18. The van der Waals surface area contributed by atoms with Crippen LogP contribution in [0.3, 0.4) is 0 Å². The third-order valence-electron chi connectivity index (χ3n) is 2.11. The Morgan fingerprint density at radius 3 is 2.77 bits per heavy atom. The van der Waals surface area contributed by atoms with E-state index < -0.39 is 6.29 Å². The highest BCUT2D eigenvalue weighted by Gasteiger charge is 2.21. The standard InChI is InChI=1S/C10H13NO2/c12-10-7-11-9(13-10)6-8-4-2-1-3-5-8/h1-5,9-12H,6-7H2. The fourth-order valence-electron chi connectivity index (χ4n) is 1.47. The maximum atomic E-state index is 9.09. The minimum Gasteiger partial charge on any atom is -0.367 e. The SMILES string of the molecule is OC1CNC(Cc2ccccc2)O1. The summed E-state index contributed by atoms with van der Waals surface area (Å²) in [5, 5.41) is 12.2. The van der Waals surface area contributed by atoms with Crippen LogP contribution in [-0.4, -0.2) is 24.2 Å². The van der Waals surface area contributed by atoms with Gasteiger partial charge in [0.2, 0.25) is 0 Å². The molecule has 0 saturated carbocycles. The summed E-state index contributed by atoms with van der Waals surface area (Å²) >= 11 is 0. The van der Waals surface area contributed by atoms with Gasteiger partial charge in [0.15, 0.2) is 6.29 Å². The first-order valence-electron chi connectivity index (χ1n) is 4.45. The molecule has 0 bridgehead atoms. The normalized spacial score (nSPS) is 27.8. The van der Waals surface area contributed by atoms with Gasteiger partial charge < -0.3 is 9.84 Å². The van der Waals surface area contributed by atoms with Gasteiger partial charge >= 0.3 is 0 Å². The molecule has 2 atom stereocenters. The monoisotopic (exact) mass is 179 g/mol. The fourth-order valence-corrected chi connectivity index (χ4v) is 1.47. The molecule has 1 fully saturated rings. The van der Waals surface area contributed by atoms with Crippen LogP contribution in [0.1, 0.15) is 5.56 Å². The van der Waals surface area contributed by atoms with E-state index in [0.717, 1.165) is 6.42 Å². The maximum absolute atomic E-state index is 9.09. The van der Waals surface area contributed by atoms with Crippen LogP contribution in [-0.2, 0) is 11.2 Å². The maximum Gasteiger partial charge on any atom is 0.169 e. The average Bonchev–Trinajstić information content (AvgIpc) is 2.53. The molecule has 3 heteroatoms. The summed E-state index contributed by atoms with van der Waals surface area (Å²) in [5.74, 6) is 0. The zero-order chi connectivity index (χ0) is 9.10. The van der Waals surface area contributed by atoms with Crippen molar-refractivity contribution >= 4 is 0 Å². The number of β-amino-alcohol motifs (C(OH)–C–C–N with tert-alkyl or cyclic N) is 1.